The second-order valence-corrected chi connectivity index (χ2v) is 4.83. The number of amides is 1. The van der Waals surface area contributed by atoms with E-state index >= 15 is 0 Å². The van der Waals surface area contributed by atoms with Crippen LogP contribution >= 0.6 is 11.6 Å². The zero-order valence-corrected chi connectivity index (χ0v) is 12.1. The Kier molecular flexibility index (Phi) is 4.39. The smallest absolute Gasteiger partial charge is 0.253 e. The van der Waals surface area contributed by atoms with Crippen LogP contribution in [0, 0.1) is 5.82 Å². The molecule has 4 nitrogen and oxygen atoms in total. The Balaban J connectivity index is 2.15. The van der Waals surface area contributed by atoms with Gasteiger partial charge in [-0.15, -0.1) is 0 Å². The van der Waals surface area contributed by atoms with E-state index in [0.717, 1.165) is 5.69 Å². The third-order valence-electron chi connectivity index (χ3n) is 3.02. The first-order valence-corrected chi connectivity index (χ1v) is 6.62. The molecule has 0 saturated carbocycles. The second kappa shape index (κ2) is 6.05. The fourth-order valence-corrected chi connectivity index (χ4v) is 2.13. The van der Waals surface area contributed by atoms with Crippen molar-refractivity contribution in [3.05, 3.63) is 52.6 Å². The zero-order valence-electron chi connectivity index (χ0n) is 11.3. The van der Waals surface area contributed by atoms with Gasteiger partial charge in [-0.05, 0) is 31.2 Å². The van der Waals surface area contributed by atoms with Crippen molar-refractivity contribution in [2.24, 2.45) is 0 Å². The highest BCUT2D eigenvalue weighted by molar-refractivity contribution is 6.31. The number of rotatable bonds is 4. The van der Waals surface area contributed by atoms with Crippen LogP contribution in [0.25, 0.3) is 0 Å². The topological polar surface area (TPSA) is 38.1 Å². The number of carbonyl (C=O) groups excluding carboxylic acids is 1. The lowest BCUT2D eigenvalue weighted by atomic mass is 10.2. The normalized spacial score (nSPS) is 10.6. The second-order valence-electron chi connectivity index (χ2n) is 4.42. The summed E-state index contributed by atoms with van der Waals surface area (Å²) < 4.78 is 14.6. The van der Waals surface area contributed by atoms with Crippen molar-refractivity contribution >= 4 is 17.5 Å². The van der Waals surface area contributed by atoms with Gasteiger partial charge in [-0.1, -0.05) is 11.6 Å². The number of hydrogen-bond donors (Lipinski definition) is 0. The fraction of sp³-hybridized carbons (Fsp3) is 0.286. The van der Waals surface area contributed by atoms with E-state index < -0.39 is 0 Å². The van der Waals surface area contributed by atoms with Crippen molar-refractivity contribution in [1.82, 2.24) is 14.7 Å². The van der Waals surface area contributed by atoms with Crippen LogP contribution in [0.1, 0.15) is 23.0 Å². The van der Waals surface area contributed by atoms with Crippen LogP contribution in [0.3, 0.4) is 0 Å². The first-order valence-electron chi connectivity index (χ1n) is 6.24. The van der Waals surface area contributed by atoms with Gasteiger partial charge in [0.2, 0.25) is 0 Å². The van der Waals surface area contributed by atoms with Gasteiger partial charge in [-0.3, -0.25) is 9.48 Å². The van der Waals surface area contributed by atoms with E-state index in [4.69, 9.17) is 11.6 Å². The van der Waals surface area contributed by atoms with E-state index in [0.29, 0.717) is 23.7 Å². The maximum atomic E-state index is 12.9. The molecule has 0 fully saturated rings. The van der Waals surface area contributed by atoms with Crippen LogP contribution in [0.5, 0.6) is 0 Å². The summed E-state index contributed by atoms with van der Waals surface area (Å²) in [5.74, 6) is -0.554. The number of halogens is 2. The molecule has 0 aliphatic heterocycles. The van der Waals surface area contributed by atoms with E-state index in [1.807, 2.05) is 6.92 Å². The lowest BCUT2D eigenvalue weighted by Gasteiger charge is -2.18. The fourth-order valence-electron chi connectivity index (χ4n) is 1.93. The number of hydrogen-bond acceptors (Lipinski definition) is 2. The summed E-state index contributed by atoms with van der Waals surface area (Å²) in [4.78, 5) is 13.8. The molecule has 1 aromatic carbocycles. The van der Waals surface area contributed by atoms with Gasteiger partial charge in [-0.2, -0.15) is 5.10 Å². The summed E-state index contributed by atoms with van der Waals surface area (Å²) in [6, 6.07) is 5.47. The lowest BCUT2D eigenvalue weighted by molar-refractivity contribution is 0.0781. The molecule has 2 rings (SSSR count). The van der Waals surface area contributed by atoms with Crippen LogP contribution in [0.2, 0.25) is 5.02 Å². The summed E-state index contributed by atoms with van der Waals surface area (Å²) in [6.45, 7) is 2.98. The van der Waals surface area contributed by atoms with Crippen molar-refractivity contribution < 1.29 is 9.18 Å². The minimum atomic E-state index is -0.365. The van der Waals surface area contributed by atoms with E-state index in [-0.39, 0.29) is 11.7 Å². The lowest BCUT2D eigenvalue weighted by Crippen LogP contribution is -2.27. The van der Waals surface area contributed by atoms with Gasteiger partial charge in [0.15, 0.2) is 0 Å². The third kappa shape index (κ3) is 2.99. The minimum Gasteiger partial charge on any atom is -0.336 e. The molecule has 0 spiro atoms. The molecule has 6 heteroatoms. The molecule has 0 saturated heterocycles. The van der Waals surface area contributed by atoms with Gasteiger partial charge in [-0.25, -0.2) is 4.39 Å². The summed E-state index contributed by atoms with van der Waals surface area (Å²) in [7, 11) is 1.68. The molecule has 0 aliphatic carbocycles. The van der Waals surface area contributed by atoms with Gasteiger partial charge < -0.3 is 4.90 Å². The molecule has 0 bridgehead atoms. The molecular formula is C14H15ClFN3O. The first-order chi connectivity index (χ1) is 9.52. The molecule has 20 heavy (non-hydrogen) atoms. The number of carbonyl (C=O) groups is 1. The highest BCUT2D eigenvalue weighted by Crippen LogP contribution is 2.17. The number of nitrogens with zero attached hydrogens (tertiary/aromatic N) is 3. The predicted molar refractivity (Wildman–Crippen MR) is 75.1 cm³/mol. The minimum absolute atomic E-state index is 0.190. The van der Waals surface area contributed by atoms with Gasteiger partial charge >= 0.3 is 0 Å². The molecule has 0 unspecified atom stereocenters. The van der Waals surface area contributed by atoms with Crippen molar-refractivity contribution in [2.45, 2.75) is 20.0 Å². The van der Waals surface area contributed by atoms with E-state index in [1.54, 1.807) is 17.9 Å². The Labute approximate surface area is 121 Å². The molecule has 1 heterocycles. The Morgan fingerprint density at radius 1 is 1.40 bits per heavy atom. The van der Waals surface area contributed by atoms with Crippen LogP contribution in [-0.2, 0) is 13.1 Å². The molecular weight excluding hydrogens is 281 g/mol. The van der Waals surface area contributed by atoms with Crippen molar-refractivity contribution in [2.75, 3.05) is 7.05 Å². The summed E-state index contributed by atoms with van der Waals surface area (Å²) >= 11 is 6.07. The van der Waals surface area contributed by atoms with Gasteiger partial charge in [0.05, 0.1) is 23.5 Å². The predicted octanol–water partition coefficient (Wildman–Crippen LogP) is 2.97. The van der Waals surface area contributed by atoms with E-state index in [9.17, 15) is 9.18 Å². The maximum absolute atomic E-state index is 12.9. The standard InChI is InChI=1S/C14H15ClFN3O/c1-3-19-13(12(15)8-17-19)9-18(2)14(20)10-4-6-11(16)7-5-10/h4-8H,3,9H2,1-2H3. The SMILES string of the molecule is CCn1ncc(Cl)c1CN(C)C(=O)c1ccc(F)cc1. The van der Waals surface area contributed by atoms with Crippen molar-refractivity contribution in [1.29, 1.82) is 0 Å². The molecule has 1 aromatic heterocycles. The number of benzene rings is 1. The van der Waals surface area contributed by atoms with Crippen LogP contribution in [0.15, 0.2) is 30.5 Å². The van der Waals surface area contributed by atoms with Gasteiger partial charge in [0.25, 0.3) is 5.91 Å². The molecule has 0 atom stereocenters. The molecule has 106 valence electrons. The van der Waals surface area contributed by atoms with Crippen LogP contribution < -0.4 is 0 Å². The highest BCUT2D eigenvalue weighted by atomic mass is 35.5. The largest absolute Gasteiger partial charge is 0.336 e. The number of aromatic nitrogens is 2. The summed E-state index contributed by atoms with van der Waals surface area (Å²) in [6.07, 6.45) is 1.57. The average Bonchev–Trinajstić information content (AvgIpc) is 2.79. The van der Waals surface area contributed by atoms with Crippen LogP contribution in [0.4, 0.5) is 4.39 Å². The Bertz CT molecular complexity index is 609. The Morgan fingerprint density at radius 2 is 2.05 bits per heavy atom. The molecule has 2 aromatic rings. The van der Waals surface area contributed by atoms with Crippen LogP contribution in [-0.4, -0.2) is 27.6 Å². The maximum Gasteiger partial charge on any atom is 0.253 e. The summed E-state index contributed by atoms with van der Waals surface area (Å²) in [5.41, 5.74) is 1.22. The summed E-state index contributed by atoms with van der Waals surface area (Å²) in [5, 5.41) is 4.66. The van der Waals surface area contributed by atoms with Gasteiger partial charge in [0, 0.05) is 19.2 Å². The van der Waals surface area contributed by atoms with Crippen molar-refractivity contribution in [3.8, 4) is 0 Å². The number of aryl methyl sites for hydroxylation is 1. The average molecular weight is 296 g/mol. The molecule has 1 amide bonds. The van der Waals surface area contributed by atoms with Gasteiger partial charge in [0.1, 0.15) is 5.82 Å². The molecule has 0 radical (unpaired) electrons. The van der Waals surface area contributed by atoms with E-state index in [1.165, 1.54) is 29.2 Å². The molecule has 0 aliphatic rings. The van der Waals surface area contributed by atoms with Crippen molar-refractivity contribution in [3.63, 3.8) is 0 Å². The third-order valence-corrected chi connectivity index (χ3v) is 3.34. The van der Waals surface area contributed by atoms with E-state index in [2.05, 4.69) is 5.10 Å². The first kappa shape index (κ1) is 14.5. The Morgan fingerprint density at radius 3 is 2.65 bits per heavy atom. The zero-order chi connectivity index (χ0) is 14.7. The molecule has 0 N–H and O–H groups in total. The quantitative estimate of drug-likeness (QED) is 0.870. The monoisotopic (exact) mass is 295 g/mol. The Hall–Kier alpha value is -1.88. The highest BCUT2D eigenvalue weighted by Gasteiger charge is 2.16.